The van der Waals surface area contributed by atoms with Crippen LogP contribution in [0, 0.1) is 0 Å². The van der Waals surface area contributed by atoms with Crippen molar-refractivity contribution in [1.82, 2.24) is 15.1 Å². The second-order valence-electron chi connectivity index (χ2n) is 9.40. The van der Waals surface area contributed by atoms with E-state index < -0.39 is 9.84 Å². The molecule has 2 amide bonds. The van der Waals surface area contributed by atoms with Gasteiger partial charge in [-0.15, -0.1) is 0 Å². The maximum atomic E-state index is 13.7. The number of benzene rings is 2. The van der Waals surface area contributed by atoms with Crippen molar-refractivity contribution in [1.29, 1.82) is 0 Å². The van der Waals surface area contributed by atoms with Crippen LogP contribution in [0.25, 0.3) is 5.69 Å². The third kappa shape index (κ3) is 4.15. The van der Waals surface area contributed by atoms with E-state index >= 15 is 0 Å². The minimum atomic E-state index is -3.64. The van der Waals surface area contributed by atoms with Crippen molar-refractivity contribution in [2.24, 2.45) is 0 Å². The summed E-state index contributed by atoms with van der Waals surface area (Å²) in [5, 5.41) is 6.99. The molecule has 0 saturated heterocycles. The first kappa shape index (κ1) is 24.1. The molecule has 1 aliphatic heterocycles. The van der Waals surface area contributed by atoms with E-state index in [9.17, 15) is 18.0 Å². The number of fused-ring (bicyclic) bond motifs is 1. The maximum Gasteiger partial charge on any atom is 0.277 e. The summed E-state index contributed by atoms with van der Waals surface area (Å²) < 4.78 is 31.6. The van der Waals surface area contributed by atoms with Gasteiger partial charge in [0.25, 0.3) is 5.91 Å². The van der Waals surface area contributed by atoms with Gasteiger partial charge in [0.2, 0.25) is 5.91 Å². The van der Waals surface area contributed by atoms with E-state index in [1.54, 1.807) is 43.3 Å². The normalized spacial score (nSPS) is 16.4. The number of sulfone groups is 1. The van der Waals surface area contributed by atoms with Gasteiger partial charge in [0.1, 0.15) is 11.4 Å². The summed E-state index contributed by atoms with van der Waals surface area (Å²) in [4.78, 5) is 27.3. The number of nitrogens with zero attached hydrogens (tertiary/aromatic N) is 3. The first-order valence-electron chi connectivity index (χ1n) is 11.8. The fourth-order valence-corrected chi connectivity index (χ4v) is 5.77. The van der Waals surface area contributed by atoms with Crippen LogP contribution in [0.2, 0.25) is 0 Å². The molecule has 2 heterocycles. The van der Waals surface area contributed by atoms with E-state index in [0.717, 1.165) is 24.7 Å². The van der Waals surface area contributed by atoms with E-state index in [1.165, 1.54) is 4.68 Å². The molecule has 1 saturated carbocycles. The van der Waals surface area contributed by atoms with Gasteiger partial charge in [-0.1, -0.05) is 12.1 Å². The second-order valence-corrected chi connectivity index (χ2v) is 11.3. The standard InChI is InChI=1S/C26H28N4O5S/c1-27-22(31)16-26(13-14-26)17-4-6-18(7-5-17)29-15-12-21-23(25(29)32)30(28-24(21)36(3,33)34)19-8-10-20(35-2)11-9-19/h4-11H,12-16H2,1-3H3,(H,27,31). The van der Waals surface area contributed by atoms with Crippen LogP contribution >= 0.6 is 0 Å². The topological polar surface area (TPSA) is 111 Å². The van der Waals surface area contributed by atoms with Gasteiger partial charge in [0, 0.05) is 42.9 Å². The van der Waals surface area contributed by atoms with Gasteiger partial charge in [0.15, 0.2) is 14.9 Å². The Hall–Kier alpha value is -3.66. The van der Waals surface area contributed by atoms with Gasteiger partial charge in [-0.2, -0.15) is 5.10 Å². The Labute approximate surface area is 210 Å². The van der Waals surface area contributed by atoms with Crippen LogP contribution in [0.3, 0.4) is 0 Å². The van der Waals surface area contributed by atoms with Crippen LogP contribution in [0.4, 0.5) is 5.69 Å². The van der Waals surface area contributed by atoms with Crippen molar-refractivity contribution in [2.45, 2.75) is 36.1 Å². The molecule has 5 rings (SSSR count). The van der Waals surface area contributed by atoms with E-state index in [1.807, 2.05) is 24.3 Å². The van der Waals surface area contributed by atoms with Gasteiger partial charge in [-0.05, 0) is 61.2 Å². The monoisotopic (exact) mass is 508 g/mol. The summed E-state index contributed by atoms with van der Waals surface area (Å²) in [6.07, 6.45) is 3.84. The number of carbonyl (C=O) groups excluding carboxylic acids is 2. The lowest BCUT2D eigenvalue weighted by Gasteiger charge is -2.28. The lowest BCUT2D eigenvalue weighted by atomic mass is 9.91. The lowest BCUT2D eigenvalue weighted by Crippen LogP contribution is -2.39. The number of aromatic nitrogens is 2. The second kappa shape index (κ2) is 8.77. The van der Waals surface area contributed by atoms with Crippen molar-refractivity contribution >= 4 is 27.3 Å². The van der Waals surface area contributed by atoms with E-state index in [2.05, 4.69) is 10.4 Å². The summed E-state index contributed by atoms with van der Waals surface area (Å²) >= 11 is 0. The van der Waals surface area contributed by atoms with Crippen LogP contribution in [-0.4, -0.2) is 57.0 Å². The fourth-order valence-electron chi connectivity index (χ4n) is 4.89. The third-order valence-corrected chi connectivity index (χ3v) is 8.10. The highest BCUT2D eigenvalue weighted by atomic mass is 32.2. The molecule has 1 N–H and O–H groups in total. The quantitative estimate of drug-likeness (QED) is 0.525. The molecule has 10 heteroatoms. The Morgan fingerprint density at radius 2 is 1.72 bits per heavy atom. The van der Waals surface area contributed by atoms with Gasteiger partial charge in [0.05, 0.1) is 12.8 Å². The Morgan fingerprint density at radius 1 is 1.08 bits per heavy atom. The Kier molecular flexibility index (Phi) is 5.86. The number of carbonyl (C=O) groups is 2. The number of rotatable bonds is 7. The van der Waals surface area contributed by atoms with Crippen LogP contribution in [0.5, 0.6) is 5.75 Å². The fraction of sp³-hybridized carbons (Fsp3) is 0.346. The predicted octanol–water partition coefficient (Wildman–Crippen LogP) is 2.66. The van der Waals surface area contributed by atoms with Crippen molar-refractivity contribution in [3.8, 4) is 11.4 Å². The van der Waals surface area contributed by atoms with Gasteiger partial charge in [-0.3, -0.25) is 9.59 Å². The molecule has 0 radical (unpaired) electrons. The largest absolute Gasteiger partial charge is 0.497 e. The highest BCUT2D eigenvalue weighted by Gasteiger charge is 2.45. The molecule has 1 aromatic heterocycles. The summed E-state index contributed by atoms with van der Waals surface area (Å²) in [5.74, 6) is 0.346. The molecule has 1 fully saturated rings. The molecule has 0 atom stereocenters. The molecule has 1 aliphatic carbocycles. The number of amides is 2. The highest BCUT2D eigenvalue weighted by Crippen LogP contribution is 2.51. The number of nitrogens with one attached hydrogen (secondary N) is 1. The molecule has 2 aliphatic rings. The van der Waals surface area contributed by atoms with Crippen LogP contribution in [0.15, 0.2) is 53.6 Å². The Morgan fingerprint density at radius 3 is 2.28 bits per heavy atom. The first-order chi connectivity index (χ1) is 17.2. The molecule has 2 aromatic carbocycles. The van der Waals surface area contributed by atoms with Crippen LogP contribution in [-0.2, 0) is 26.5 Å². The Bertz CT molecular complexity index is 1440. The van der Waals surface area contributed by atoms with E-state index in [-0.39, 0.29) is 27.9 Å². The van der Waals surface area contributed by atoms with Crippen molar-refractivity contribution in [2.75, 3.05) is 31.9 Å². The molecule has 3 aromatic rings. The average Bonchev–Trinajstić information content (AvgIpc) is 3.53. The molecule has 0 unspecified atom stereocenters. The number of methoxy groups -OCH3 is 1. The highest BCUT2D eigenvalue weighted by molar-refractivity contribution is 7.90. The van der Waals surface area contributed by atoms with E-state index in [0.29, 0.717) is 42.1 Å². The number of anilines is 1. The third-order valence-electron chi connectivity index (χ3n) is 7.07. The zero-order valence-electron chi connectivity index (χ0n) is 20.4. The number of hydrogen-bond acceptors (Lipinski definition) is 6. The first-order valence-corrected chi connectivity index (χ1v) is 13.7. The van der Waals surface area contributed by atoms with Crippen molar-refractivity contribution < 1.29 is 22.7 Å². The SMILES string of the molecule is CNC(=O)CC1(c2ccc(N3CCc4c(S(C)(=O)=O)nn(-c5ccc(OC)cc5)c4C3=O)cc2)CC1. The molecular formula is C26H28N4O5S. The number of ether oxygens (including phenoxy) is 1. The summed E-state index contributed by atoms with van der Waals surface area (Å²) in [7, 11) is -0.436. The summed E-state index contributed by atoms with van der Waals surface area (Å²) in [5.41, 5.74) is 2.92. The maximum absolute atomic E-state index is 13.7. The summed E-state index contributed by atoms with van der Waals surface area (Å²) in [6, 6.07) is 14.7. The minimum Gasteiger partial charge on any atom is -0.497 e. The smallest absolute Gasteiger partial charge is 0.277 e. The van der Waals surface area contributed by atoms with E-state index in [4.69, 9.17) is 4.74 Å². The van der Waals surface area contributed by atoms with Crippen LogP contribution < -0.4 is 15.0 Å². The molecule has 9 nitrogen and oxygen atoms in total. The average molecular weight is 509 g/mol. The lowest BCUT2D eigenvalue weighted by molar-refractivity contribution is -0.121. The summed E-state index contributed by atoms with van der Waals surface area (Å²) in [6.45, 7) is 0.339. The van der Waals surface area contributed by atoms with Crippen LogP contribution in [0.1, 0.15) is 40.9 Å². The zero-order valence-corrected chi connectivity index (χ0v) is 21.3. The minimum absolute atomic E-state index is 0.0174. The molecule has 0 spiro atoms. The predicted molar refractivity (Wildman–Crippen MR) is 135 cm³/mol. The molecule has 36 heavy (non-hydrogen) atoms. The van der Waals surface area contributed by atoms with Gasteiger partial charge >= 0.3 is 0 Å². The Balaban J connectivity index is 1.50. The van der Waals surface area contributed by atoms with Gasteiger partial charge < -0.3 is 15.0 Å². The molecule has 188 valence electrons. The van der Waals surface area contributed by atoms with Crippen molar-refractivity contribution in [3.05, 3.63) is 65.4 Å². The molecular weight excluding hydrogens is 480 g/mol. The van der Waals surface area contributed by atoms with Gasteiger partial charge in [-0.25, -0.2) is 13.1 Å². The zero-order chi connectivity index (χ0) is 25.7. The van der Waals surface area contributed by atoms with Crippen molar-refractivity contribution in [3.63, 3.8) is 0 Å². The molecule has 0 bridgehead atoms. The number of hydrogen-bond donors (Lipinski definition) is 1.